The molecule has 2 saturated carbocycles. The van der Waals surface area contributed by atoms with Gasteiger partial charge in [-0.1, -0.05) is 65.0 Å². The van der Waals surface area contributed by atoms with Gasteiger partial charge < -0.3 is 15.3 Å². The van der Waals surface area contributed by atoms with E-state index in [1.165, 1.54) is 6.92 Å². The molecule has 0 heterocycles. The minimum absolute atomic E-state index is 0.0779. The number of aliphatic hydroxyl groups is 2. The molecule has 0 amide bonds. The van der Waals surface area contributed by atoms with Crippen molar-refractivity contribution in [3.05, 3.63) is 47.1 Å². The molecule has 0 radical (unpaired) electrons. The van der Waals surface area contributed by atoms with Crippen LogP contribution in [-0.4, -0.2) is 55.9 Å². The Morgan fingerprint density at radius 1 is 1.08 bits per heavy atom. The topological polar surface area (TPSA) is 146 Å². The van der Waals surface area contributed by atoms with Gasteiger partial charge in [-0.2, -0.15) is 0 Å². The van der Waals surface area contributed by atoms with Crippen molar-refractivity contribution in [2.75, 3.05) is 0 Å². The normalized spacial score (nSPS) is 39.4. The summed E-state index contributed by atoms with van der Waals surface area (Å²) in [5.74, 6) is -11.1. The van der Waals surface area contributed by atoms with Crippen LogP contribution in [0.5, 0.6) is 5.75 Å². The second-order valence-corrected chi connectivity index (χ2v) is 12.4. The van der Waals surface area contributed by atoms with Gasteiger partial charge in [-0.15, -0.1) is 0 Å². The van der Waals surface area contributed by atoms with E-state index in [2.05, 4.69) is 0 Å². The fourth-order valence-electron chi connectivity index (χ4n) is 8.26. The number of phenolic OH excluding ortho intramolecular Hbond substituents is 1. The van der Waals surface area contributed by atoms with Gasteiger partial charge in [-0.05, 0) is 36.3 Å². The Bertz CT molecular complexity index is 1430. The van der Waals surface area contributed by atoms with Crippen molar-refractivity contribution in [2.24, 2.45) is 34.5 Å². The molecule has 4 aliphatic carbocycles. The van der Waals surface area contributed by atoms with E-state index >= 15 is 0 Å². The molecule has 8 nitrogen and oxygen atoms in total. The highest BCUT2D eigenvalue weighted by Gasteiger charge is 2.80. The number of allylic oxidation sites excluding steroid dienone is 4. The van der Waals surface area contributed by atoms with Gasteiger partial charge >= 0.3 is 0 Å². The van der Waals surface area contributed by atoms with Crippen LogP contribution in [0.15, 0.2) is 30.4 Å². The highest BCUT2D eigenvalue weighted by Crippen LogP contribution is 2.66. The molecule has 8 heteroatoms. The van der Waals surface area contributed by atoms with E-state index in [1.807, 2.05) is 18.2 Å². The first-order valence-electron chi connectivity index (χ1n) is 13.4. The molecule has 0 aromatic heterocycles. The standard InChI is InChI=1S/C31H34O8/c1-13(2)21-24(34)19(15(4)32)26(36)31(39)27(37)22-25(35)20-17(14(3)29(22,5)28(38)30(21,31)6)11-12-18(23(20)33)16-9-7-8-10-16/h7-9,11-14,19,21-22,28,33,38-39H,10H2,1-6H3/t14-,19?,21?,22?,28-,29+,30+,31+/m1/s1. The number of carbonyl (C=O) groups is 5. The zero-order valence-electron chi connectivity index (χ0n) is 22.9. The van der Waals surface area contributed by atoms with Crippen molar-refractivity contribution in [1.82, 2.24) is 0 Å². The summed E-state index contributed by atoms with van der Waals surface area (Å²) >= 11 is 0. The van der Waals surface area contributed by atoms with Gasteiger partial charge in [-0.25, -0.2) is 0 Å². The molecule has 5 rings (SSSR count). The highest BCUT2D eigenvalue weighted by molar-refractivity contribution is 6.33. The summed E-state index contributed by atoms with van der Waals surface area (Å²) < 4.78 is 0. The van der Waals surface area contributed by atoms with Gasteiger partial charge in [-0.3, -0.25) is 24.0 Å². The second kappa shape index (κ2) is 8.38. The summed E-state index contributed by atoms with van der Waals surface area (Å²) in [4.78, 5) is 68.5. The summed E-state index contributed by atoms with van der Waals surface area (Å²) in [6.45, 7) is 9.03. The van der Waals surface area contributed by atoms with Crippen LogP contribution in [0.2, 0.25) is 0 Å². The smallest absolute Gasteiger partial charge is 0.191 e. The molecule has 0 spiro atoms. The van der Waals surface area contributed by atoms with E-state index in [1.54, 1.807) is 39.8 Å². The Balaban J connectivity index is 1.78. The first-order chi connectivity index (χ1) is 18.1. The van der Waals surface area contributed by atoms with Crippen molar-refractivity contribution in [3.63, 3.8) is 0 Å². The summed E-state index contributed by atoms with van der Waals surface area (Å²) in [6, 6.07) is 3.41. The number of aromatic hydroxyl groups is 1. The van der Waals surface area contributed by atoms with Crippen LogP contribution in [0.3, 0.4) is 0 Å². The van der Waals surface area contributed by atoms with Crippen molar-refractivity contribution < 1.29 is 39.3 Å². The molecular weight excluding hydrogens is 500 g/mol. The minimum atomic E-state index is -2.96. The molecule has 39 heavy (non-hydrogen) atoms. The number of ketones is 5. The summed E-state index contributed by atoms with van der Waals surface area (Å²) in [5, 5.41) is 35.6. The quantitative estimate of drug-likeness (QED) is 0.502. The fourth-order valence-corrected chi connectivity index (χ4v) is 8.26. The monoisotopic (exact) mass is 534 g/mol. The van der Waals surface area contributed by atoms with Crippen molar-refractivity contribution in [3.8, 4) is 5.75 Å². The molecule has 1 aromatic rings. The summed E-state index contributed by atoms with van der Waals surface area (Å²) in [7, 11) is 0. The van der Waals surface area contributed by atoms with Crippen LogP contribution in [0, 0.1) is 34.5 Å². The van der Waals surface area contributed by atoms with Gasteiger partial charge in [0.15, 0.2) is 28.7 Å². The summed E-state index contributed by atoms with van der Waals surface area (Å²) in [5.41, 5.74) is -4.91. The van der Waals surface area contributed by atoms with Crippen molar-refractivity contribution >= 4 is 34.5 Å². The number of fused-ring (bicyclic) bond motifs is 3. The average molecular weight is 535 g/mol. The predicted molar refractivity (Wildman–Crippen MR) is 141 cm³/mol. The largest absolute Gasteiger partial charge is 0.507 e. The van der Waals surface area contributed by atoms with Gasteiger partial charge in [0.1, 0.15) is 17.5 Å². The van der Waals surface area contributed by atoms with Crippen molar-refractivity contribution in [1.29, 1.82) is 0 Å². The lowest BCUT2D eigenvalue weighted by Gasteiger charge is -2.65. The molecule has 0 aliphatic heterocycles. The molecule has 3 unspecified atom stereocenters. The summed E-state index contributed by atoms with van der Waals surface area (Å²) in [6.07, 6.45) is 4.44. The van der Waals surface area contributed by atoms with E-state index < -0.39 is 81.0 Å². The third-order valence-corrected chi connectivity index (χ3v) is 10.3. The van der Waals surface area contributed by atoms with Crippen LogP contribution < -0.4 is 0 Å². The maximum Gasteiger partial charge on any atom is 0.191 e. The zero-order valence-corrected chi connectivity index (χ0v) is 22.9. The van der Waals surface area contributed by atoms with Gasteiger partial charge in [0.05, 0.1) is 17.6 Å². The molecule has 206 valence electrons. The molecule has 0 bridgehead atoms. The second-order valence-electron chi connectivity index (χ2n) is 12.4. The Hall–Kier alpha value is -3.23. The van der Waals surface area contributed by atoms with Gasteiger partial charge in [0.2, 0.25) is 0 Å². The lowest BCUT2D eigenvalue weighted by atomic mass is 9.37. The van der Waals surface area contributed by atoms with Crippen LogP contribution in [0.25, 0.3) is 5.57 Å². The first-order valence-corrected chi connectivity index (χ1v) is 13.4. The third-order valence-electron chi connectivity index (χ3n) is 10.3. The number of phenols is 1. The predicted octanol–water partition coefficient (Wildman–Crippen LogP) is 2.97. The van der Waals surface area contributed by atoms with Crippen molar-refractivity contribution in [2.45, 2.75) is 65.6 Å². The maximum atomic E-state index is 14.4. The van der Waals surface area contributed by atoms with E-state index in [0.717, 1.165) is 12.5 Å². The molecule has 1 aromatic carbocycles. The van der Waals surface area contributed by atoms with E-state index in [-0.39, 0.29) is 11.3 Å². The minimum Gasteiger partial charge on any atom is -0.507 e. The molecule has 4 aliphatic rings. The number of benzene rings is 1. The third kappa shape index (κ3) is 2.99. The lowest BCUT2D eigenvalue weighted by molar-refractivity contribution is -0.240. The SMILES string of the molecule is CC(=O)C1C(=O)C(C(C)C)[C@@]2(C)[C@H](O)[C@]3(C)C(C(=O)c4c(ccc(C5=CC=CC5)c4O)[C@H]3C)C(=O)[C@@]2(O)C1=O. The Morgan fingerprint density at radius 2 is 1.72 bits per heavy atom. The highest BCUT2D eigenvalue weighted by atomic mass is 16.3. The zero-order chi connectivity index (χ0) is 29.0. The molecule has 0 saturated heterocycles. The number of rotatable bonds is 3. The maximum absolute atomic E-state index is 14.4. The number of hydrogen-bond donors (Lipinski definition) is 3. The van der Waals surface area contributed by atoms with Gasteiger partial charge in [0, 0.05) is 22.3 Å². The van der Waals surface area contributed by atoms with Crippen LogP contribution in [0.4, 0.5) is 0 Å². The van der Waals surface area contributed by atoms with Crippen LogP contribution in [0.1, 0.15) is 75.4 Å². The number of hydrogen-bond acceptors (Lipinski definition) is 8. The Labute approximate surface area is 226 Å². The number of Topliss-reactive ketones (excluding diaryl/α,β-unsaturated/α-hetero) is 5. The number of aliphatic hydroxyl groups excluding tert-OH is 1. The molecule has 3 N–H and O–H groups in total. The number of carbonyl (C=O) groups excluding carboxylic acids is 5. The van der Waals surface area contributed by atoms with Crippen LogP contribution in [-0.2, 0) is 19.2 Å². The molecule has 8 atom stereocenters. The van der Waals surface area contributed by atoms with Gasteiger partial charge in [0.25, 0.3) is 0 Å². The van der Waals surface area contributed by atoms with E-state index in [9.17, 15) is 39.3 Å². The molecular formula is C31H34O8. The molecule has 2 fully saturated rings. The van der Waals surface area contributed by atoms with E-state index in [4.69, 9.17) is 0 Å². The Kier molecular flexibility index (Phi) is 5.88. The fraction of sp³-hybridized carbons (Fsp3) is 0.516. The Morgan fingerprint density at radius 3 is 2.26 bits per heavy atom. The average Bonchev–Trinajstić information content (AvgIpc) is 3.38. The van der Waals surface area contributed by atoms with Crippen LogP contribution >= 0.6 is 0 Å². The lowest BCUT2D eigenvalue weighted by Crippen LogP contribution is -2.81. The van der Waals surface area contributed by atoms with E-state index in [0.29, 0.717) is 17.5 Å². The first kappa shape index (κ1) is 27.3.